The van der Waals surface area contributed by atoms with Gasteiger partial charge < -0.3 is 9.30 Å². The van der Waals surface area contributed by atoms with E-state index in [0.29, 0.717) is 23.4 Å². The molecule has 0 aliphatic carbocycles. The highest BCUT2D eigenvalue weighted by Crippen LogP contribution is 2.23. The van der Waals surface area contributed by atoms with Crippen molar-refractivity contribution in [1.29, 1.82) is 0 Å². The average molecular weight is 289 g/mol. The van der Waals surface area contributed by atoms with Crippen molar-refractivity contribution in [3.05, 3.63) is 47.0 Å². The number of hydrogen-bond acceptors (Lipinski definition) is 3. The van der Waals surface area contributed by atoms with Crippen molar-refractivity contribution in [2.45, 2.75) is 39.0 Å². The predicted octanol–water partition coefficient (Wildman–Crippen LogP) is 3.02. The van der Waals surface area contributed by atoms with E-state index in [1.54, 1.807) is 24.3 Å². The molecule has 0 fully saturated rings. The molecule has 3 rings (SSSR count). The molecule has 0 spiro atoms. The third-order valence-electron chi connectivity index (χ3n) is 3.45. The Bertz CT molecular complexity index is 834. The molecular formula is C17H20N2O2. The van der Waals surface area contributed by atoms with Crippen molar-refractivity contribution in [1.82, 2.24) is 9.55 Å². The topological polar surface area (TPSA) is 44.1 Å². The number of nitrogens with zero attached hydrogens (tertiary/aromatic N) is 2. The van der Waals surface area contributed by atoms with Gasteiger partial charge in [0.1, 0.15) is 17.3 Å². The van der Waals surface area contributed by atoms with E-state index in [1.165, 1.54) is 11.7 Å². The Morgan fingerprint density at radius 1 is 1.43 bits per heavy atom. The van der Waals surface area contributed by atoms with Crippen LogP contribution in [-0.2, 0) is 19.3 Å². The Labute approximate surface area is 131 Å². The van der Waals surface area contributed by atoms with Crippen molar-refractivity contribution in [3.63, 3.8) is 0 Å². The number of imidazole rings is 1. The van der Waals surface area contributed by atoms with Crippen molar-refractivity contribution in [2.75, 3.05) is 7.11 Å². The van der Waals surface area contributed by atoms with E-state index < -0.39 is 25.7 Å². The van der Waals surface area contributed by atoms with Gasteiger partial charge in [0.15, 0.2) is 0 Å². The van der Waals surface area contributed by atoms with Gasteiger partial charge in [0.05, 0.1) is 12.8 Å². The lowest BCUT2D eigenvalue weighted by atomic mass is 10.0. The SMILES string of the molecule is [2H]C1c2nc(CC)c(C(=O)c3ccc(OC)cc3)n2C([2H])C([2H])([2H])C1[2H]. The van der Waals surface area contributed by atoms with Crippen LogP contribution < -0.4 is 4.74 Å². The number of aromatic nitrogens is 2. The quantitative estimate of drug-likeness (QED) is 0.813. The van der Waals surface area contributed by atoms with Gasteiger partial charge in [-0.05, 0) is 43.5 Å². The molecule has 2 aromatic rings. The van der Waals surface area contributed by atoms with Crippen LogP contribution in [0.1, 0.15) is 54.1 Å². The Balaban J connectivity index is 2.16. The third-order valence-corrected chi connectivity index (χ3v) is 3.45. The van der Waals surface area contributed by atoms with Crippen LogP contribution in [0, 0.1) is 0 Å². The van der Waals surface area contributed by atoms with Gasteiger partial charge in [0.2, 0.25) is 5.78 Å². The molecule has 4 nitrogen and oxygen atoms in total. The minimum atomic E-state index is -2.26. The Morgan fingerprint density at radius 3 is 2.86 bits per heavy atom. The first kappa shape index (κ1) is 9.03. The summed E-state index contributed by atoms with van der Waals surface area (Å²) in [4.78, 5) is 17.4. The summed E-state index contributed by atoms with van der Waals surface area (Å²) in [6, 6.07) is 6.50. The number of rotatable bonds is 4. The van der Waals surface area contributed by atoms with Gasteiger partial charge >= 0.3 is 0 Å². The Hall–Kier alpha value is -2.10. The van der Waals surface area contributed by atoms with Crippen molar-refractivity contribution in [2.24, 2.45) is 0 Å². The van der Waals surface area contributed by atoms with Gasteiger partial charge in [-0.15, -0.1) is 0 Å². The number of carbonyl (C=O) groups excluding carboxylic acids is 1. The summed E-state index contributed by atoms with van der Waals surface area (Å²) in [7, 11) is 1.53. The highest BCUT2D eigenvalue weighted by atomic mass is 16.5. The molecule has 0 N–H and O–H groups in total. The maximum absolute atomic E-state index is 13.1. The molecule has 110 valence electrons. The molecule has 1 aliphatic rings. The van der Waals surface area contributed by atoms with Gasteiger partial charge in [-0.2, -0.15) is 0 Å². The second kappa shape index (κ2) is 5.72. The van der Waals surface area contributed by atoms with Crippen LogP contribution in [0.4, 0.5) is 0 Å². The lowest BCUT2D eigenvalue weighted by Crippen LogP contribution is -2.17. The van der Waals surface area contributed by atoms with Crippen LogP contribution in [0.2, 0.25) is 0 Å². The fourth-order valence-electron chi connectivity index (χ4n) is 2.35. The number of benzene rings is 1. The first-order valence-electron chi connectivity index (χ1n) is 9.53. The largest absolute Gasteiger partial charge is 0.497 e. The molecule has 0 amide bonds. The zero-order valence-corrected chi connectivity index (χ0v) is 12.0. The fraction of sp³-hybridized carbons (Fsp3) is 0.412. The van der Waals surface area contributed by atoms with Gasteiger partial charge in [0, 0.05) is 25.3 Å². The molecule has 0 saturated heterocycles. The number of methoxy groups -OCH3 is 1. The first-order valence-corrected chi connectivity index (χ1v) is 6.80. The molecule has 2 heterocycles. The van der Waals surface area contributed by atoms with Crippen LogP contribution in [0.15, 0.2) is 24.3 Å². The number of carbonyl (C=O) groups is 1. The predicted molar refractivity (Wildman–Crippen MR) is 81.0 cm³/mol. The summed E-state index contributed by atoms with van der Waals surface area (Å²) < 4.78 is 46.8. The Morgan fingerprint density at radius 2 is 2.19 bits per heavy atom. The summed E-state index contributed by atoms with van der Waals surface area (Å²) >= 11 is 0. The molecule has 0 radical (unpaired) electrons. The van der Waals surface area contributed by atoms with E-state index in [9.17, 15) is 4.79 Å². The Kier molecular flexibility index (Phi) is 2.46. The van der Waals surface area contributed by atoms with Crippen molar-refractivity contribution in [3.8, 4) is 5.75 Å². The van der Waals surface area contributed by atoms with E-state index in [0.717, 1.165) is 0 Å². The second-order valence-electron chi connectivity index (χ2n) is 4.68. The van der Waals surface area contributed by atoms with Gasteiger partial charge in [-0.1, -0.05) is 6.92 Å². The molecule has 3 unspecified atom stereocenters. The minimum Gasteiger partial charge on any atom is -0.497 e. The van der Waals surface area contributed by atoms with Crippen molar-refractivity contribution >= 4 is 5.78 Å². The minimum absolute atomic E-state index is 0.105. The highest BCUT2D eigenvalue weighted by Gasteiger charge is 2.24. The molecular weight excluding hydrogens is 264 g/mol. The number of ketones is 1. The molecule has 3 atom stereocenters. The highest BCUT2D eigenvalue weighted by molar-refractivity contribution is 6.08. The first-order chi connectivity index (χ1) is 12.2. The normalized spacial score (nSPS) is 30.2. The lowest BCUT2D eigenvalue weighted by Gasteiger charge is -2.16. The zero-order valence-electron chi connectivity index (χ0n) is 17.0. The molecule has 0 saturated carbocycles. The second-order valence-corrected chi connectivity index (χ2v) is 4.68. The summed E-state index contributed by atoms with van der Waals surface area (Å²) in [5.74, 6) is 0.325. The summed E-state index contributed by atoms with van der Waals surface area (Å²) in [5, 5.41) is 0. The van der Waals surface area contributed by atoms with Crippen LogP contribution in [0.3, 0.4) is 0 Å². The van der Waals surface area contributed by atoms with E-state index in [1.807, 2.05) is 6.92 Å². The molecule has 1 aliphatic heterocycles. The molecule has 0 bridgehead atoms. The molecule has 4 heteroatoms. The van der Waals surface area contributed by atoms with E-state index in [4.69, 9.17) is 11.6 Å². The molecule has 1 aromatic heterocycles. The van der Waals surface area contributed by atoms with Crippen LogP contribution in [0.25, 0.3) is 0 Å². The summed E-state index contributed by atoms with van der Waals surface area (Å²) in [5.41, 5.74) is 0.909. The van der Waals surface area contributed by atoms with Crippen LogP contribution >= 0.6 is 0 Å². The number of aryl methyl sites for hydroxylation is 2. The van der Waals surface area contributed by atoms with Gasteiger partial charge in [-0.25, -0.2) is 4.98 Å². The zero-order chi connectivity index (χ0) is 19.2. The molecule has 1 aromatic carbocycles. The van der Waals surface area contributed by atoms with E-state index >= 15 is 0 Å². The summed E-state index contributed by atoms with van der Waals surface area (Å²) in [6.45, 7) is 0.302. The maximum Gasteiger partial charge on any atom is 0.211 e. The average Bonchev–Trinajstić information content (AvgIpc) is 3.04. The van der Waals surface area contributed by atoms with Crippen molar-refractivity contribution < 1.29 is 16.4 Å². The standard InChI is InChI=1S/C17H20N2O2/c1-3-14-16(19-11-5-4-6-15(19)18-14)17(20)12-7-9-13(21-2)10-8-12/h7-10H,3-6,11H2,1-2H3/i4D,5D2,6D,11D. The van der Waals surface area contributed by atoms with Gasteiger partial charge in [0.25, 0.3) is 0 Å². The monoisotopic (exact) mass is 289 g/mol. The third kappa shape index (κ3) is 2.46. The van der Waals surface area contributed by atoms with Crippen LogP contribution in [-0.4, -0.2) is 22.4 Å². The van der Waals surface area contributed by atoms with Crippen LogP contribution in [0.5, 0.6) is 5.75 Å². The fourth-order valence-corrected chi connectivity index (χ4v) is 2.35. The van der Waals surface area contributed by atoms with E-state index in [-0.39, 0.29) is 17.3 Å². The smallest absolute Gasteiger partial charge is 0.211 e. The number of hydrogen-bond donors (Lipinski definition) is 0. The number of ether oxygens (including phenoxy) is 1. The van der Waals surface area contributed by atoms with E-state index in [2.05, 4.69) is 4.98 Å². The maximum atomic E-state index is 13.1. The summed E-state index contributed by atoms with van der Waals surface area (Å²) in [6.07, 6.45) is -4.55. The van der Waals surface area contributed by atoms with Gasteiger partial charge in [-0.3, -0.25) is 4.79 Å². The molecule has 21 heavy (non-hydrogen) atoms. The lowest BCUT2D eigenvalue weighted by molar-refractivity contribution is 0.102. The number of fused-ring (bicyclic) bond motifs is 1.